The molecule has 156 valence electrons. The number of methoxy groups -OCH3 is 1. The molecular weight excluding hydrogens is 374 g/mol. The molecule has 1 unspecified atom stereocenters. The monoisotopic (exact) mass is 400 g/mol. The molecule has 1 rings (SSSR count). The molecule has 0 aliphatic rings. The summed E-state index contributed by atoms with van der Waals surface area (Å²) < 4.78 is 32.4. The number of ether oxygens (including phenoxy) is 1. The van der Waals surface area contributed by atoms with Crippen LogP contribution < -0.4 is 11.2 Å². The molecule has 1 atom stereocenters. The van der Waals surface area contributed by atoms with Crippen molar-refractivity contribution in [2.45, 2.75) is 51.8 Å². The quantitative estimate of drug-likeness (QED) is 0.385. The summed E-state index contributed by atoms with van der Waals surface area (Å²) in [6.07, 6.45) is -1.34. The van der Waals surface area contributed by atoms with Crippen LogP contribution in [0.4, 0.5) is 13.6 Å². The Hall–Kier alpha value is -2.75. The van der Waals surface area contributed by atoms with Gasteiger partial charge < -0.3 is 15.6 Å². The lowest BCUT2D eigenvalue weighted by molar-refractivity contribution is -0.140. The fourth-order valence-electron chi connectivity index (χ4n) is 2.57. The van der Waals surface area contributed by atoms with Gasteiger partial charge in [-0.15, -0.1) is 0 Å². The lowest BCUT2D eigenvalue weighted by Gasteiger charge is -2.44. The zero-order chi connectivity index (χ0) is 21.9. The van der Waals surface area contributed by atoms with E-state index in [0.29, 0.717) is 0 Å². The Morgan fingerprint density at radius 1 is 1.25 bits per heavy atom. The highest BCUT2D eigenvalue weighted by atomic mass is 19.1. The number of nitrogens with zero attached hydrogens (tertiary/aromatic N) is 2. The van der Waals surface area contributed by atoms with Crippen LogP contribution in [0.1, 0.15) is 40.2 Å². The summed E-state index contributed by atoms with van der Waals surface area (Å²) in [6.45, 7) is 7.93. The van der Waals surface area contributed by atoms with Crippen molar-refractivity contribution in [3.63, 3.8) is 0 Å². The third-order valence-corrected chi connectivity index (χ3v) is 4.11. The zero-order valence-electron chi connectivity index (χ0n) is 16.7. The van der Waals surface area contributed by atoms with E-state index in [4.69, 9.17) is 10.5 Å². The van der Waals surface area contributed by atoms with Crippen molar-refractivity contribution in [2.75, 3.05) is 7.11 Å². The number of carboxylic acid groups (broad SMARTS) is 1. The van der Waals surface area contributed by atoms with Gasteiger partial charge in [0.1, 0.15) is 17.7 Å². The highest BCUT2D eigenvalue weighted by Crippen LogP contribution is 2.27. The van der Waals surface area contributed by atoms with Crippen LogP contribution in [0.15, 0.2) is 23.3 Å². The Morgan fingerprint density at radius 3 is 2.29 bits per heavy atom. The topological polar surface area (TPSA) is 117 Å². The molecule has 1 aromatic carbocycles. The van der Waals surface area contributed by atoms with Gasteiger partial charge in [-0.2, -0.15) is 5.10 Å². The number of hydrogen-bond donors (Lipinski definition) is 3. The third-order valence-electron chi connectivity index (χ3n) is 4.11. The molecule has 0 aliphatic heterocycles. The van der Waals surface area contributed by atoms with Crippen LogP contribution in [0.5, 0.6) is 0 Å². The summed E-state index contributed by atoms with van der Waals surface area (Å²) in [5.41, 5.74) is 5.25. The van der Waals surface area contributed by atoms with Crippen molar-refractivity contribution < 1.29 is 28.2 Å². The molecule has 0 heterocycles. The van der Waals surface area contributed by atoms with Crippen molar-refractivity contribution in [3.05, 3.63) is 35.4 Å². The number of benzene rings is 1. The Kier molecular flexibility index (Phi) is 7.08. The number of carbonyl (C=O) groups excluding carboxylic acids is 1. The van der Waals surface area contributed by atoms with Gasteiger partial charge in [0, 0.05) is 12.6 Å². The van der Waals surface area contributed by atoms with Crippen LogP contribution in [-0.2, 0) is 9.53 Å². The predicted molar refractivity (Wildman–Crippen MR) is 99.7 cm³/mol. The van der Waals surface area contributed by atoms with E-state index in [9.17, 15) is 23.5 Å². The van der Waals surface area contributed by atoms with Gasteiger partial charge in [-0.3, -0.25) is 9.69 Å². The van der Waals surface area contributed by atoms with Crippen molar-refractivity contribution >= 4 is 17.8 Å². The first-order chi connectivity index (χ1) is 12.7. The lowest BCUT2D eigenvalue weighted by atomic mass is 9.92. The van der Waals surface area contributed by atoms with Crippen molar-refractivity contribution in [1.29, 1.82) is 0 Å². The molecular formula is C18H26F2N4O4. The van der Waals surface area contributed by atoms with Crippen LogP contribution in [0.25, 0.3) is 0 Å². The number of carbonyl (C=O) groups is 2. The van der Waals surface area contributed by atoms with E-state index in [1.807, 2.05) is 0 Å². The van der Waals surface area contributed by atoms with Gasteiger partial charge in [-0.1, -0.05) is 0 Å². The third kappa shape index (κ3) is 5.38. The van der Waals surface area contributed by atoms with Gasteiger partial charge in [-0.25, -0.2) is 19.0 Å². The van der Waals surface area contributed by atoms with E-state index in [-0.39, 0.29) is 5.56 Å². The maximum Gasteiger partial charge on any atom is 0.408 e. The fourth-order valence-corrected chi connectivity index (χ4v) is 2.57. The first-order valence-electron chi connectivity index (χ1n) is 8.38. The number of nitrogens with two attached hydrogens (primary N) is 1. The standard InChI is InChI=1S/C18H26F2N4O4/c1-17(2,3)24(16(26)27)13(18(4,5)28-6)15(25)23-22-14(21)11-9-10(19)7-8-12(11)20/h7-9,13H,1-6H3,(H2,21,22)(H,23,25)(H,26,27). The SMILES string of the molecule is COC(C)(C)C(C(=O)NN=C(N)c1cc(F)ccc1F)N(C(=O)O)C(C)(C)C. The average Bonchev–Trinajstić information content (AvgIpc) is 2.57. The number of hydrogen-bond acceptors (Lipinski definition) is 4. The zero-order valence-corrected chi connectivity index (χ0v) is 16.7. The Labute approximate surface area is 162 Å². The highest BCUT2D eigenvalue weighted by Gasteiger charge is 2.46. The number of amides is 2. The Morgan fingerprint density at radius 2 is 1.82 bits per heavy atom. The van der Waals surface area contributed by atoms with Crippen LogP contribution in [0, 0.1) is 11.6 Å². The normalized spacial score (nSPS) is 13.8. The minimum Gasteiger partial charge on any atom is -0.465 e. The number of nitrogens with one attached hydrogen (secondary N) is 1. The second-order valence-electron chi connectivity index (χ2n) is 7.63. The number of amidine groups is 1. The maximum atomic E-state index is 13.8. The van der Waals surface area contributed by atoms with E-state index in [2.05, 4.69) is 10.5 Å². The molecule has 28 heavy (non-hydrogen) atoms. The van der Waals surface area contributed by atoms with Gasteiger partial charge in [-0.05, 0) is 52.8 Å². The van der Waals surface area contributed by atoms with Crippen molar-refractivity contribution in [1.82, 2.24) is 10.3 Å². The second kappa shape index (κ2) is 8.51. The molecule has 8 nitrogen and oxygen atoms in total. The molecule has 0 fully saturated rings. The minimum atomic E-state index is -1.34. The molecule has 2 amide bonds. The summed E-state index contributed by atoms with van der Waals surface area (Å²) >= 11 is 0. The number of halogens is 2. The summed E-state index contributed by atoms with van der Waals surface area (Å²) in [5, 5.41) is 13.2. The molecule has 10 heteroatoms. The largest absolute Gasteiger partial charge is 0.465 e. The minimum absolute atomic E-state index is 0.339. The molecule has 0 bridgehead atoms. The Balaban J connectivity index is 3.27. The Bertz CT molecular complexity index is 775. The van der Waals surface area contributed by atoms with Crippen LogP contribution in [0.3, 0.4) is 0 Å². The summed E-state index contributed by atoms with van der Waals surface area (Å²) in [6, 6.07) is 1.30. The van der Waals surface area contributed by atoms with Crippen LogP contribution >= 0.6 is 0 Å². The smallest absolute Gasteiger partial charge is 0.408 e. The van der Waals surface area contributed by atoms with E-state index in [0.717, 1.165) is 23.1 Å². The molecule has 0 saturated carbocycles. The van der Waals surface area contributed by atoms with Crippen LogP contribution in [-0.4, -0.2) is 52.1 Å². The highest BCUT2D eigenvalue weighted by molar-refractivity contribution is 5.98. The number of hydrazone groups is 1. The molecule has 4 N–H and O–H groups in total. The molecule has 0 saturated heterocycles. The van der Waals surface area contributed by atoms with E-state index >= 15 is 0 Å². The van der Waals surface area contributed by atoms with Gasteiger partial charge in [0.05, 0.1) is 11.2 Å². The summed E-state index contributed by atoms with van der Waals surface area (Å²) in [7, 11) is 1.34. The van der Waals surface area contributed by atoms with Crippen molar-refractivity contribution in [2.24, 2.45) is 10.8 Å². The second-order valence-corrected chi connectivity index (χ2v) is 7.63. The fraction of sp³-hybridized carbons (Fsp3) is 0.500. The summed E-state index contributed by atoms with van der Waals surface area (Å²) in [4.78, 5) is 25.6. The van der Waals surface area contributed by atoms with Crippen LogP contribution in [0.2, 0.25) is 0 Å². The maximum absolute atomic E-state index is 13.8. The average molecular weight is 400 g/mol. The van der Waals surface area contributed by atoms with E-state index in [1.165, 1.54) is 21.0 Å². The first-order valence-corrected chi connectivity index (χ1v) is 8.38. The molecule has 0 aliphatic carbocycles. The predicted octanol–water partition coefficient (Wildman–Crippen LogP) is 2.27. The summed E-state index contributed by atoms with van der Waals surface area (Å²) in [5.74, 6) is -2.88. The van der Waals surface area contributed by atoms with Crippen molar-refractivity contribution in [3.8, 4) is 0 Å². The van der Waals surface area contributed by atoms with E-state index in [1.54, 1.807) is 20.8 Å². The molecule has 1 aromatic rings. The molecule has 0 radical (unpaired) electrons. The van der Waals surface area contributed by atoms with Gasteiger partial charge in [0.25, 0.3) is 5.91 Å². The van der Waals surface area contributed by atoms with Gasteiger partial charge in [0.2, 0.25) is 0 Å². The number of rotatable bonds is 6. The van der Waals surface area contributed by atoms with E-state index < -0.39 is 46.7 Å². The molecule has 0 spiro atoms. The van der Waals surface area contributed by atoms with Gasteiger partial charge >= 0.3 is 6.09 Å². The van der Waals surface area contributed by atoms with Gasteiger partial charge in [0.15, 0.2) is 5.84 Å². The molecule has 0 aromatic heterocycles. The lowest BCUT2D eigenvalue weighted by Crippen LogP contribution is -2.64. The first kappa shape index (κ1) is 23.3.